The number of anilines is 1. The van der Waals surface area contributed by atoms with E-state index in [1.54, 1.807) is 21.0 Å². The SMILES string of the molecule is Cc1ccc(NC(=O)C(CCC=CC(=O)N(C)C)OC(=O)N(C)C)c(=O)n1Cc1nc2c(F)cnc(CCC(F)(F)F)c2[nH]1. The molecule has 0 bridgehead atoms. The van der Waals surface area contributed by atoms with Crippen LogP contribution in [0.1, 0.15) is 36.5 Å². The number of rotatable bonds is 11. The molecule has 3 amide bonds. The lowest BCUT2D eigenvalue weighted by atomic mass is 10.1. The molecule has 0 aliphatic heterocycles. The van der Waals surface area contributed by atoms with Crippen LogP contribution in [0.5, 0.6) is 0 Å². The minimum absolute atomic E-state index is 0.00806. The maximum atomic E-state index is 14.4. The molecule has 0 saturated carbocycles. The van der Waals surface area contributed by atoms with Crippen LogP contribution < -0.4 is 10.9 Å². The van der Waals surface area contributed by atoms with Crippen molar-refractivity contribution in [3.63, 3.8) is 0 Å². The maximum absolute atomic E-state index is 14.4. The lowest BCUT2D eigenvalue weighted by Gasteiger charge is -2.20. The van der Waals surface area contributed by atoms with E-state index >= 15 is 0 Å². The van der Waals surface area contributed by atoms with Crippen LogP contribution in [0.3, 0.4) is 0 Å². The number of nitrogens with zero attached hydrogens (tertiary/aromatic N) is 5. The van der Waals surface area contributed by atoms with Crippen molar-refractivity contribution < 1.29 is 36.7 Å². The number of aromatic amines is 1. The highest BCUT2D eigenvalue weighted by molar-refractivity contribution is 5.95. The first kappa shape index (κ1) is 33.7. The predicted octanol–water partition coefficient (Wildman–Crippen LogP) is 3.54. The third-order valence-electron chi connectivity index (χ3n) is 6.40. The third-order valence-corrected chi connectivity index (χ3v) is 6.40. The number of aryl methyl sites for hydroxylation is 2. The van der Waals surface area contributed by atoms with Gasteiger partial charge in [-0.05, 0) is 38.0 Å². The highest BCUT2D eigenvalue weighted by Crippen LogP contribution is 2.25. The fourth-order valence-corrected chi connectivity index (χ4v) is 3.97. The summed E-state index contributed by atoms with van der Waals surface area (Å²) in [4.78, 5) is 63.7. The van der Waals surface area contributed by atoms with Gasteiger partial charge in [-0.15, -0.1) is 0 Å². The van der Waals surface area contributed by atoms with Crippen molar-refractivity contribution in [3.05, 3.63) is 63.9 Å². The second kappa shape index (κ2) is 14.1. The first-order chi connectivity index (χ1) is 20.6. The summed E-state index contributed by atoms with van der Waals surface area (Å²) in [7, 11) is 6.03. The molecule has 1 unspecified atom stereocenters. The first-order valence-corrected chi connectivity index (χ1v) is 13.4. The lowest BCUT2D eigenvalue weighted by Crippen LogP contribution is -2.38. The number of alkyl halides is 3. The number of imidazole rings is 1. The number of pyridine rings is 2. The molecule has 16 heteroatoms. The van der Waals surface area contributed by atoms with Gasteiger partial charge in [-0.25, -0.2) is 14.2 Å². The van der Waals surface area contributed by atoms with E-state index < -0.39 is 48.5 Å². The summed E-state index contributed by atoms with van der Waals surface area (Å²) in [6.07, 6.45) is -4.33. The van der Waals surface area contributed by atoms with E-state index in [0.29, 0.717) is 5.69 Å². The zero-order valence-electron chi connectivity index (χ0n) is 24.8. The molecule has 3 heterocycles. The highest BCUT2D eigenvalue weighted by Gasteiger charge is 2.28. The largest absolute Gasteiger partial charge is 0.436 e. The Bertz CT molecular complexity index is 1610. The monoisotopic (exact) mass is 623 g/mol. The van der Waals surface area contributed by atoms with Crippen LogP contribution in [-0.2, 0) is 27.3 Å². The van der Waals surface area contributed by atoms with Crippen molar-refractivity contribution in [1.29, 1.82) is 0 Å². The van der Waals surface area contributed by atoms with E-state index in [1.165, 1.54) is 47.8 Å². The molecule has 1 atom stereocenters. The highest BCUT2D eigenvalue weighted by atomic mass is 19.4. The summed E-state index contributed by atoms with van der Waals surface area (Å²) >= 11 is 0. The summed E-state index contributed by atoms with van der Waals surface area (Å²) in [5.74, 6) is -1.82. The van der Waals surface area contributed by atoms with Crippen molar-refractivity contribution >= 4 is 34.6 Å². The van der Waals surface area contributed by atoms with Crippen molar-refractivity contribution in [3.8, 4) is 0 Å². The van der Waals surface area contributed by atoms with Crippen LogP contribution >= 0.6 is 0 Å². The van der Waals surface area contributed by atoms with E-state index in [9.17, 15) is 36.7 Å². The van der Waals surface area contributed by atoms with Gasteiger partial charge >= 0.3 is 12.3 Å². The maximum Gasteiger partial charge on any atom is 0.410 e. The fourth-order valence-electron chi connectivity index (χ4n) is 3.97. The van der Waals surface area contributed by atoms with Crippen molar-refractivity contribution in [2.75, 3.05) is 33.5 Å². The van der Waals surface area contributed by atoms with Crippen LogP contribution in [0.2, 0.25) is 0 Å². The number of nitrogens with one attached hydrogen (secondary N) is 2. The minimum Gasteiger partial charge on any atom is -0.436 e. The second-order valence-electron chi connectivity index (χ2n) is 10.3. The van der Waals surface area contributed by atoms with E-state index in [4.69, 9.17) is 4.74 Å². The normalized spacial score (nSPS) is 12.4. The quantitative estimate of drug-likeness (QED) is 0.246. The van der Waals surface area contributed by atoms with Crippen LogP contribution in [-0.4, -0.2) is 87.7 Å². The predicted molar refractivity (Wildman–Crippen MR) is 152 cm³/mol. The molecular weight excluding hydrogens is 590 g/mol. The van der Waals surface area contributed by atoms with Gasteiger partial charge in [0.1, 0.15) is 17.0 Å². The number of carbonyl (C=O) groups is 3. The Morgan fingerprint density at radius 3 is 2.50 bits per heavy atom. The standard InChI is InChI=1S/C28H33F4N7O5/c1-16-10-11-19(34-25(41)20(44-27(43)38(4)5)8-6-7-9-22(40)37(2)3)26(42)39(16)15-21-35-23-17(29)14-33-18(24(23)36-21)12-13-28(30,31)32/h7,9-11,14,20H,6,8,12-13,15H2,1-5H3,(H,34,41)(H,35,36). The van der Waals surface area contributed by atoms with E-state index in [1.807, 2.05) is 0 Å². The zero-order chi connectivity index (χ0) is 32.8. The molecular formula is C28H33F4N7O5. The molecule has 238 valence electrons. The topological polar surface area (TPSA) is 143 Å². The molecule has 2 N–H and O–H groups in total. The number of allylic oxidation sites excluding steroid dienone is 1. The summed E-state index contributed by atoms with van der Waals surface area (Å²) in [5.41, 5.74) is -0.624. The number of halogens is 4. The number of H-pyrrole nitrogens is 1. The average Bonchev–Trinajstić information content (AvgIpc) is 3.37. The zero-order valence-corrected chi connectivity index (χ0v) is 24.8. The van der Waals surface area contributed by atoms with E-state index in [-0.39, 0.29) is 53.5 Å². The van der Waals surface area contributed by atoms with Crippen molar-refractivity contribution in [2.45, 2.75) is 51.4 Å². The van der Waals surface area contributed by atoms with E-state index in [2.05, 4.69) is 20.3 Å². The molecule has 0 fully saturated rings. The fraction of sp³-hybridized carbons (Fsp3) is 0.429. The number of hydrogen-bond donors (Lipinski definition) is 2. The number of hydrogen-bond acceptors (Lipinski definition) is 7. The molecule has 44 heavy (non-hydrogen) atoms. The molecule has 12 nitrogen and oxygen atoms in total. The Morgan fingerprint density at radius 1 is 1.16 bits per heavy atom. The Kier molecular flexibility index (Phi) is 10.8. The van der Waals surface area contributed by atoms with Gasteiger partial charge in [-0.2, -0.15) is 13.2 Å². The Balaban J connectivity index is 1.84. The molecule has 0 spiro atoms. The smallest absolute Gasteiger partial charge is 0.410 e. The molecule has 0 aromatic carbocycles. The van der Waals surface area contributed by atoms with Crippen LogP contribution in [0.25, 0.3) is 11.0 Å². The van der Waals surface area contributed by atoms with Crippen molar-refractivity contribution in [2.24, 2.45) is 0 Å². The molecule has 0 aliphatic carbocycles. The summed E-state index contributed by atoms with van der Waals surface area (Å²) in [6, 6.07) is 2.90. The summed E-state index contributed by atoms with van der Waals surface area (Å²) in [6.45, 7) is 1.38. The number of likely N-dealkylation sites (N-methyl/N-ethyl adjacent to an activating group) is 1. The van der Waals surface area contributed by atoms with Crippen LogP contribution in [0.4, 0.5) is 28.0 Å². The van der Waals surface area contributed by atoms with Gasteiger partial charge in [0.05, 0.1) is 24.0 Å². The Labute approximate surface area is 249 Å². The molecule has 3 rings (SSSR count). The first-order valence-electron chi connectivity index (χ1n) is 13.4. The second-order valence-corrected chi connectivity index (χ2v) is 10.3. The van der Waals surface area contributed by atoms with Gasteiger partial charge in [0.15, 0.2) is 11.9 Å². The Hall–Kier alpha value is -4.76. The number of amides is 3. The van der Waals surface area contributed by atoms with Gasteiger partial charge < -0.3 is 29.4 Å². The number of ether oxygens (including phenoxy) is 1. The van der Waals surface area contributed by atoms with Gasteiger partial charge in [0.2, 0.25) is 5.91 Å². The molecule has 0 saturated heterocycles. The molecule has 3 aromatic rings. The average molecular weight is 624 g/mol. The minimum atomic E-state index is -4.44. The van der Waals surface area contributed by atoms with Gasteiger partial charge in [-0.1, -0.05) is 6.08 Å². The number of carbonyl (C=O) groups excluding carboxylic acids is 3. The molecule has 0 radical (unpaired) electrons. The number of aromatic nitrogens is 4. The summed E-state index contributed by atoms with van der Waals surface area (Å²) in [5, 5.41) is 2.48. The van der Waals surface area contributed by atoms with E-state index in [0.717, 1.165) is 11.1 Å². The van der Waals surface area contributed by atoms with Crippen LogP contribution in [0.15, 0.2) is 35.3 Å². The Morgan fingerprint density at radius 2 is 1.86 bits per heavy atom. The van der Waals surface area contributed by atoms with Gasteiger partial charge in [0, 0.05) is 46.7 Å². The third kappa shape index (κ3) is 8.87. The molecule has 0 aliphatic rings. The van der Waals surface area contributed by atoms with Crippen LogP contribution in [0, 0.1) is 12.7 Å². The number of fused-ring (bicyclic) bond motifs is 1. The van der Waals surface area contributed by atoms with Crippen molar-refractivity contribution in [1.82, 2.24) is 29.3 Å². The molecule has 3 aromatic heterocycles. The lowest BCUT2D eigenvalue weighted by molar-refractivity contribution is -0.134. The van der Waals surface area contributed by atoms with Gasteiger partial charge in [0.25, 0.3) is 11.5 Å². The van der Waals surface area contributed by atoms with Gasteiger partial charge in [-0.3, -0.25) is 19.4 Å². The summed E-state index contributed by atoms with van der Waals surface area (Å²) < 4.78 is 59.3.